The number of benzene rings is 1. The van der Waals surface area contributed by atoms with Crippen molar-refractivity contribution in [2.45, 2.75) is 34.2 Å². The van der Waals surface area contributed by atoms with Gasteiger partial charge in [0, 0.05) is 12.1 Å². The van der Waals surface area contributed by atoms with E-state index in [1.54, 1.807) is 6.92 Å². The maximum Gasteiger partial charge on any atom is 0.343 e. The third-order valence-corrected chi connectivity index (χ3v) is 3.47. The minimum absolute atomic E-state index is 0.00128. The summed E-state index contributed by atoms with van der Waals surface area (Å²) in [4.78, 5) is 24.7. The zero-order valence-corrected chi connectivity index (χ0v) is 15.1. The Labute approximate surface area is 147 Å². The van der Waals surface area contributed by atoms with Gasteiger partial charge in [0.05, 0.1) is 18.9 Å². The summed E-state index contributed by atoms with van der Waals surface area (Å²) in [5.41, 5.74) is 0.918. The van der Waals surface area contributed by atoms with Crippen LogP contribution in [0.5, 0.6) is 5.75 Å². The third-order valence-electron chi connectivity index (χ3n) is 3.47. The quantitative estimate of drug-likeness (QED) is 0.722. The molecule has 2 rings (SSSR count). The summed E-state index contributed by atoms with van der Waals surface area (Å²) < 4.78 is 11.8. The van der Waals surface area contributed by atoms with Gasteiger partial charge in [-0.05, 0) is 50.1 Å². The Morgan fingerprint density at radius 3 is 2.40 bits per heavy atom. The standard InChI is InChI=1S/C19H24N2O4/c1-5-24-15-9-7-14(8-10-15)17-11-16(19(23)25-6-2)18(22)21(20-17)12-13(3)4/h7-11,13H,5-6,12H2,1-4H3. The second-order valence-electron chi connectivity index (χ2n) is 6.00. The zero-order valence-electron chi connectivity index (χ0n) is 15.1. The maximum absolute atomic E-state index is 12.5. The Morgan fingerprint density at radius 1 is 1.16 bits per heavy atom. The normalized spacial score (nSPS) is 10.8. The Bertz CT molecular complexity index is 779. The molecule has 134 valence electrons. The van der Waals surface area contributed by atoms with Crippen LogP contribution in [0.1, 0.15) is 38.1 Å². The first-order valence-electron chi connectivity index (χ1n) is 8.48. The van der Waals surface area contributed by atoms with E-state index in [-0.39, 0.29) is 18.1 Å². The Kier molecular flexibility index (Phi) is 6.33. The van der Waals surface area contributed by atoms with Crippen LogP contribution in [-0.2, 0) is 11.3 Å². The first-order valence-corrected chi connectivity index (χ1v) is 8.48. The van der Waals surface area contributed by atoms with E-state index in [2.05, 4.69) is 5.10 Å². The van der Waals surface area contributed by atoms with Crippen LogP contribution in [0, 0.1) is 5.92 Å². The van der Waals surface area contributed by atoms with Crippen molar-refractivity contribution in [2.24, 2.45) is 5.92 Å². The Hall–Kier alpha value is -2.63. The summed E-state index contributed by atoms with van der Waals surface area (Å²) in [6.45, 7) is 8.83. The Morgan fingerprint density at radius 2 is 1.84 bits per heavy atom. The number of esters is 1. The third kappa shape index (κ3) is 4.68. The van der Waals surface area contributed by atoms with Crippen molar-refractivity contribution >= 4 is 5.97 Å². The van der Waals surface area contributed by atoms with Crippen LogP contribution in [0.25, 0.3) is 11.3 Å². The van der Waals surface area contributed by atoms with Crippen molar-refractivity contribution in [1.82, 2.24) is 9.78 Å². The molecule has 0 saturated heterocycles. The van der Waals surface area contributed by atoms with Gasteiger partial charge in [0.25, 0.3) is 5.56 Å². The van der Waals surface area contributed by atoms with E-state index < -0.39 is 11.5 Å². The van der Waals surface area contributed by atoms with Crippen molar-refractivity contribution in [3.63, 3.8) is 0 Å². The molecule has 0 unspecified atom stereocenters. The molecule has 0 atom stereocenters. The lowest BCUT2D eigenvalue weighted by molar-refractivity contribution is 0.0523. The highest BCUT2D eigenvalue weighted by Crippen LogP contribution is 2.21. The average Bonchev–Trinajstić information content (AvgIpc) is 2.57. The molecule has 6 nitrogen and oxygen atoms in total. The van der Waals surface area contributed by atoms with Gasteiger partial charge in [-0.1, -0.05) is 13.8 Å². The van der Waals surface area contributed by atoms with E-state index in [1.807, 2.05) is 45.0 Å². The summed E-state index contributed by atoms with van der Waals surface area (Å²) in [5.74, 6) is 0.350. The fraction of sp³-hybridized carbons (Fsp3) is 0.421. The SMILES string of the molecule is CCOC(=O)c1cc(-c2ccc(OCC)cc2)nn(CC(C)C)c1=O. The van der Waals surface area contributed by atoms with Crippen LogP contribution < -0.4 is 10.3 Å². The van der Waals surface area contributed by atoms with Crippen molar-refractivity contribution in [3.05, 3.63) is 46.2 Å². The molecular formula is C19H24N2O4. The topological polar surface area (TPSA) is 70.4 Å². The highest BCUT2D eigenvalue weighted by molar-refractivity contribution is 5.90. The number of hydrogen-bond acceptors (Lipinski definition) is 5. The van der Waals surface area contributed by atoms with Gasteiger partial charge in [-0.15, -0.1) is 0 Å². The smallest absolute Gasteiger partial charge is 0.343 e. The number of nitrogens with zero attached hydrogens (tertiary/aromatic N) is 2. The molecule has 0 radical (unpaired) electrons. The fourth-order valence-electron chi connectivity index (χ4n) is 2.40. The lowest BCUT2D eigenvalue weighted by atomic mass is 10.1. The first kappa shape index (κ1) is 18.7. The van der Waals surface area contributed by atoms with Gasteiger partial charge >= 0.3 is 5.97 Å². The average molecular weight is 344 g/mol. The molecular weight excluding hydrogens is 320 g/mol. The molecule has 6 heteroatoms. The van der Waals surface area contributed by atoms with E-state index in [0.717, 1.165) is 11.3 Å². The number of rotatable bonds is 7. The molecule has 0 spiro atoms. The summed E-state index contributed by atoms with van der Waals surface area (Å²) in [6, 6.07) is 8.87. The van der Waals surface area contributed by atoms with E-state index >= 15 is 0 Å². The number of aromatic nitrogens is 2. The minimum atomic E-state index is -0.625. The Balaban J connectivity index is 2.50. The zero-order chi connectivity index (χ0) is 18.4. The number of ether oxygens (including phenoxy) is 2. The van der Waals surface area contributed by atoms with Crippen LogP contribution in [0.3, 0.4) is 0 Å². The van der Waals surface area contributed by atoms with Crippen molar-refractivity contribution in [2.75, 3.05) is 13.2 Å². The highest BCUT2D eigenvalue weighted by Gasteiger charge is 2.18. The van der Waals surface area contributed by atoms with Crippen LogP contribution >= 0.6 is 0 Å². The molecule has 1 aromatic heterocycles. The lowest BCUT2D eigenvalue weighted by Gasteiger charge is -2.12. The second-order valence-corrected chi connectivity index (χ2v) is 6.00. The molecule has 2 aromatic rings. The van der Waals surface area contributed by atoms with Crippen LogP contribution in [-0.4, -0.2) is 29.0 Å². The molecule has 0 saturated carbocycles. The highest BCUT2D eigenvalue weighted by atomic mass is 16.5. The molecule has 0 N–H and O–H groups in total. The molecule has 25 heavy (non-hydrogen) atoms. The van der Waals surface area contributed by atoms with Crippen LogP contribution in [0.2, 0.25) is 0 Å². The van der Waals surface area contributed by atoms with Crippen LogP contribution in [0.4, 0.5) is 0 Å². The monoisotopic (exact) mass is 344 g/mol. The molecule has 0 aliphatic rings. The van der Waals surface area contributed by atoms with Crippen LogP contribution in [0.15, 0.2) is 35.1 Å². The predicted octanol–water partition coefficient (Wildman–Crippen LogP) is 3.14. The maximum atomic E-state index is 12.5. The number of carbonyl (C=O) groups excluding carboxylic acids is 1. The van der Waals surface area contributed by atoms with Gasteiger partial charge in [0.15, 0.2) is 0 Å². The van der Waals surface area contributed by atoms with Gasteiger partial charge < -0.3 is 9.47 Å². The van der Waals surface area contributed by atoms with Gasteiger partial charge in [0.1, 0.15) is 11.3 Å². The molecule has 1 aromatic carbocycles. The molecule has 0 amide bonds. The minimum Gasteiger partial charge on any atom is -0.494 e. The lowest BCUT2D eigenvalue weighted by Crippen LogP contribution is -2.31. The second kappa shape index (κ2) is 8.46. The largest absolute Gasteiger partial charge is 0.494 e. The molecule has 1 heterocycles. The van der Waals surface area contributed by atoms with E-state index in [0.29, 0.717) is 18.8 Å². The van der Waals surface area contributed by atoms with Gasteiger partial charge in [-0.2, -0.15) is 5.10 Å². The summed E-state index contributed by atoms with van der Waals surface area (Å²) >= 11 is 0. The van der Waals surface area contributed by atoms with Crippen molar-refractivity contribution in [1.29, 1.82) is 0 Å². The number of hydrogen-bond donors (Lipinski definition) is 0. The number of carbonyl (C=O) groups is 1. The molecule has 0 aliphatic heterocycles. The summed E-state index contributed by atoms with van der Waals surface area (Å²) in [6.07, 6.45) is 0. The van der Waals surface area contributed by atoms with Gasteiger partial charge in [-0.25, -0.2) is 9.48 Å². The summed E-state index contributed by atoms with van der Waals surface area (Å²) in [7, 11) is 0. The molecule has 0 fully saturated rings. The van der Waals surface area contributed by atoms with Crippen molar-refractivity contribution in [3.8, 4) is 17.0 Å². The summed E-state index contributed by atoms with van der Waals surface area (Å²) in [5, 5.41) is 4.42. The van der Waals surface area contributed by atoms with E-state index in [1.165, 1.54) is 10.7 Å². The fourth-order valence-corrected chi connectivity index (χ4v) is 2.40. The van der Waals surface area contributed by atoms with E-state index in [9.17, 15) is 9.59 Å². The molecule has 0 aliphatic carbocycles. The van der Waals surface area contributed by atoms with E-state index in [4.69, 9.17) is 9.47 Å². The first-order chi connectivity index (χ1) is 12.0. The predicted molar refractivity (Wildman–Crippen MR) is 95.9 cm³/mol. The molecule has 0 bridgehead atoms. The van der Waals surface area contributed by atoms with Crippen molar-refractivity contribution < 1.29 is 14.3 Å². The van der Waals surface area contributed by atoms with Gasteiger partial charge in [-0.3, -0.25) is 4.79 Å². The van der Waals surface area contributed by atoms with Gasteiger partial charge in [0.2, 0.25) is 0 Å².